The second-order valence-corrected chi connectivity index (χ2v) is 5.30. The Kier molecular flexibility index (Phi) is 6.71. The van der Waals surface area contributed by atoms with E-state index in [1.165, 1.54) is 4.57 Å². The molecule has 134 valence electrons. The van der Waals surface area contributed by atoms with Crippen LogP contribution in [0.25, 0.3) is 0 Å². The van der Waals surface area contributed by atoms with Gasteiger partial charge in [-0.15, -0.1) is 0 Å². The molecule has 0 bridgehead atoms. The second-order valence-electron chi connectivity index (χ2n) is 5.30. The van der Waals surface area contributed by atoms with Gasteiger partial charge in [0.15, 0.2) is 0 Å². The third kappa shape index (κ3) is 4.90. The number of hydrogen-bond donors (Lipinski definition) is 1. The highest BCUT2D eigenvalue weighted by Gasteiger charge is 2.28. The highest BCUT2D eigenvalue weighted by molar-refractivity contribution is 5.89. The van der Waals surface area contributed by atoms with E-state index in [1.54, 1.807) is 36.5 Å². The van der Waals surface area contributed by atoms with E-state index in [-0.39, 0.29) is 24.5 Å². The van der Waals surface area contributed by atoms with Gasteiger partial charge in [-0.3, -0.25) is 4.57 Å². The molecule has 0 spiro atoms. The summed E-state index contributed by atoms with van der Waals surface area (Å²) in [5.74, 6) is -0.207. The zero-order chi connectivity index (χ0) is 18.2. The topological polar surface area (TPSA) is 96.4 Å². The summed E-state index contributed by atoms with van der Waals surface area (Å²) in [7, 11) is 0. The molecule has 25 heavy (non-hydrogen) atoms. The third-order valence-electron chi connectivity index (χ3n) is 3.66. The number of ether oxygens (including phenoxy) is 2. The lowest BCUT2D eigenvalue weighted by Gasteiger charge is -2.15. The minimum atomic E-state index is -0.447. The van der Waals surface area contributed by atoms with Crippen molar-refractivity contribution in [3.8, 4) is 0 Å². The van der Waals surface area contributed by atoms with Crippen molar-refractivity contribution in [2.75, 3.05) is 12.3 Å². The van der Waals surface area contributed by atoms with Crippen LogP contribution in [0.15, 0.2) is 47.4 Å². The molecule has 2 N–H and O–H groups in total. The van der Waals surface area contributed by atoms with E-state index in [1.807, 2.05) is 19.9 Å². The standard InChI is InChI=1S/C16H17N3O4.C2H6/c17-13-8-9-19(16(21)18-13)14-7-6-12(23-14)10-22-15(20)11-4-2-1-3-5-11;1-2/h1-5,8-9,12,14H,6-7,10H2,(H2,17,18,21);1-2H3. The summed E-state index contributed by atoms with van der Waals surface area (Å²) in [5.41, 5.74) is 5.52. The molecule has 0 aliphatic carbocycles. The molecule has 7 heteroatoms. The first-order valence-electron chi connectivity index (χ1n) is 8.36. The van der Waals surface area contributed by atoms with Gasteiger partial charge in [-0.2, -0.15) is 4.98 Å². The molecule has 1 aliphatic heterocycles. The summed E-state index contributed by atoms with van der Waals surface area (Å²) in [6, 6.07) is 10.3. The summed E-state index contributed by atoms with van der Waals surface area (Å²) in [6.07, 6.45) is 2.27. The maximum absolute atomic E-state index is 11.9. The zero-order valence-electron chi connectivity index (χ0n) is 14.4. The Morgan fingerprint density at radius 1 is 1.28 bits per heavy atom. The van der Waals surface area contributed by atoms with Gasteiger partial charge in [-0.05, 0) is 31.0 Å². The quantitative estimate of drug-likeness (QED) is 0.855. The number of esters is 1. The van der Waals surface area contributed by atoms with Crippen molar-refractivity contribution in [2.24, 2.45) is 0 Å². The highest BCUT2D eigenvalue weighted by Crippen LogP contribution is 2.27. The van der Waals surface area contributed by atoms with Gasteiger partial charge in [0.2, 0.25) is 0 Å². The lowest BCUT2D eigenvalue weighted by Crippen LogP contribution is -2.28. The van der Waals surface area contributed by atoms with Crippen LogP contribution in [0.5, 0.6) is 0 Å². The zero-order valence-corrected chi connectivity index (χ0v) is 14.4. The number of hydrogen-bond acceptors (Lipinski definition) is 6. The van der Waals surface area contributed by atoms with Crippen LogP contribution in [-0.2, 0) is 9.47 Å². The van der Waals surface area contributed by atoms with E-state index < -0.39 is 11.9 Å². The molecule has 1 aliphatic rings. The second kappa shape index (κ2) is 8.98. The molecular formula is C18H23N3O4. The fraction of sp³-hybridized carbons (Fsp3) is 0.389. The van der Waals surface area contributed by atoms with Crippen LogP contribution in [0.1, 0.15) is 43.3 Å². The predicted molar refractivity (Wildman–Crippen MR) is 94.1 cm³/mol. The molecule has 1 aromatic heterocycles. The Bertz CT molecular complexity index is 745. The first-order valence-corrected chi connectivity index (χ1v) is 8.36. The van der Waals surface area contributed by atoms with Crippen LogP contribution in [0.3, 0.4) is 0 Å². The number of nitrogens with two attached hydrogens (primary N) is 1. The number of nitrogens with zero attached hydrogens (tertiary/aromatic N) is 2. The maximum Gasteiger partial charge on any atom is 0.351 e. The molecular weight excluding hydrogens is 322 g/mol. The van der Waals surface area contributed by atoms with E-state index in [4.69, 9.17) is 15.2 Å². The Morgan fingerprint density at radius 3 is 2.68 bits per heavy atom. The van der Waals surface area contributed by atoms with E-state index >= 15 is 0 Å². The number of anilines is 1. The van der Waals surface area contributed by atoms with Crippen molar-refractivity contribution in [2.45, 2.75) is 39.0 Å². The smallest absolute Gasteiger partial charge is 0.351 e. The summed E-state index contributed by atoms with van der Waals surface area (Å²) >= 11 is 0. The van der Waals surface area contributed by atoms with Crippen LogP contribution in [0, 0.1) is 0 Å². The normalized spacial score (nSPS) is 19.0. The van der Waals surface area contributed by atoms with Crippen molar-refractivity contribution in [1.82, 2.24) is 9.55 Å². The SMILES string of the molecule is CC.Nc1ccn(C2CCC(COC(=O)c3ccccc3)O2)c(=O)n1. The van der Waals surface area contributed by atoms with Gasteiger partial charge in [-0.25, -0.2) is 9.59 Å². The molecule has 3 rings (SSSR count). The van der Waals surface area contributed by atoms with Crippen molar-refractivity contribution >= 4 is 11.8 Å². The maximum atomic E-state index is 11.9. The number of rotatable bonds is 4. The van der Waals surface area contributed by atoms with Gasteiger partial charge in [-0.1, -0.05) is 32.0 Å². The van der Waals surface area contributed by atoms with Gasteiger partial charge in [0, 0.05) is 6.20 Å². The number of nitrogen functional groups attached to an aromatic ring is 1. The van der Waals surface area contributed by atoms with E-state index in [0.29, 0.717) is 18.4 Å². The van der Waals surface area contributed by atoms with Gasteiger partial charge < -0.3 is 15.2 Å². The summed E-state index contributed by atoms with van der Waals surface area (Å²) in [5, 5.41) is 0. The van der Waals surface area contributed by atoms with E-state index in [9.17, 15) is 9.59 Å². The van der Waals surface area contributed by atoms with Crippen LogP contribution in [0.2, 0.25) is 0 Å². The van der Waals surface area contributed by atoms with E-state index in [2.05, 4.69) is 4.98 Å². The monoisotopic (exact) mass is 345 g/mol. The molecule has 2 unspecified atom stereocenters. The van der Waals surface area contributed by atoms with Crippen LogP contribution in [-0.4, -0.2) is 28.2 Å². The Morgan fingerprint density at radius 2 is 2.00 bits per heavy atom. The van der Waals surface area contributed by atoms with Crippen LogP contribution < -0.4 is 11.4 Å². The minimum absolute atomic E-state index is 0.154. The molecule has 2 atom stereocenters. The number of aromatic nitrogens is 2. The summed E-state index contributed by atoms with van der Waals surface area (Å²) in [4.78, 5) is 27.4. The Labute approximate surface area is 146 Å². The molecule has 1 saturated heterocycles. The molecule has 2 heterocycles. The fourth-order valence-electron chi connectivity index (χ4n) is 2.49. The average molecular weight is 345 g/mol. The van der Waals surface area contributed by atoms with Crippen molar-refractivity contribution in [3.63, 3.8) is 0 Å². The van der Waals surface area contributed by atoms with Gasteiger partial charge in [0.05, 0.1) is 11.7 Å². The highest BCUT2D eigenvalue weighted by atomic mass is 16.6. The molecule has 1 aromatic carbocycles. The number of carbonyl (C=O) groups excluding carboxylic acids is 1. The lowest BCUT2D eigenvalue weighted by molar-refractivity contribution is -0.0339. The van der Waals surface area contributed by atoms with E-state index in [0.717, 1.165) is 0 Å². The largest absolute Gasteiger partial charge is 0.459 e. The van der Waals surface area contributed by atoms with Gasteiger partial charge in [0.25, 0.3) is 0 Å². The fourth-order valence-corrected chi connectivity index (χ4v) is 2.49. The van der Waals surface area contributed by atoms with Crippen molar-refractivity contribution in [1.29, 1.82) is 0 Å². The molecule has 0 saturated carbocycles. The molecule has 7 nitrogen and oxygen atoms in total. The molecule has 0 radical (unpaired) electrons. The van der Waals surface area contributed by atoms with Gasteiger partial charge >= 0.3 is 11.7 Å². The predicted octanol–water partition coefficient (Wildman–Crippen LogP) is 2.39. The summed E-state index contributed by atoms with van der Waals surface area (Å²) < 4.78 is 12.4. The summed E-state index contributed by atoms with van der Waals surface area (Å²) in [6.45, 7) is 4.15. The molecule has 1 fully saturated rings. The van der Waals surface area contributed by atoms with Crippen molar-refractivity contribution < 1.29 is 14.3 Å². The average Bonchev–Trinajstić information content (AvgIpc) is 3.11. The Hall–Kier alpha value is -2.67. The first kappa shape index (κ1) is 18.7. The first-order chi connectivity index (χ1) is 12.1. The Balaban J connectivity index is 0.00000109. The number of carbonyl (C=O) groups is 1. The van der Waals surface area contributed by atoms with Crippen LogP contribution in [0.4, 0.5) is 5.82 Å². The van der Waals surface area contributed by atoms with Crippen LogP contribution >= 0.6 is 0 Å². The van der Waals surface area contributed by atoms with Gasteiger partial charge in [0.1, 0.15) is 18.7 Å². The lowest BCUT2D eigenvalue weighted by atomic mass is 10.2. The van der Waals surface area contributed by atoms with Crippen molar-refractivity contribution in [3.05, 3.63) is 58.6 Å². The number of benzene rings is 1. The molecule has 2 aromatic rings. The molecule has 0 amide bonds. The minimum Gasteiger partial charge on any atom is -0.459 e. The third-order valence-corrected chi connectivity index (χ3v) is 3.66.